The van der Waals surface area contributed by atoms with Gasteiger partial charge in [-0.2, -0.15) is 22.0 Å². The van der Waals surface area contributed by atoms with Crippen LogP contribution in [0.15, 0.2) is 17.0 Å². The maximum Gasteiger partial charge on any atom is 0.416 e. The zero-order valence-electron chi connectivity index (χ0n) is 9.40. The van der Waals surface area contributed by atoms with Gasteiger partial charge >= 0.3 is 18.5 Å². The number of ether oxygens (including phenoxy) is 1. The summed E-state index contributed by atoms with van der Waals surface area (Å²) in [4.78, 5) is 7.56. The van der Waals surface area contributed by atoms with E-state index in [1.54, 1.807) is 0 Å². The average molecular weight is 356 g/mol. The van der Waals surface area contributed by atoms with Crippen molar-refractivity contribution >= 4 is 25.4 Å². The Morgan fingerprint density at radius 2 is 1.81 bits per heavy atom. The van der Waals surface area contributed by atoms with E-state index in [2.05, 4.69) is 4.74 Å². The molecule has 1 rings (SSSR count). The van der Waals surface area contributed by atoms with Crippen LogP contribution >= 0.6 is 10.7 Å². The molecule has 0 aromatic heterocycles. The Hall–Kier alpha value is -1.69. The zero-order chi connectivity index (χ0) is 16.6. The van der Waals surface area contributed by atoms with Crippen LogP contribution in [0, 0.1) is 10.1 Å². The second-order valence-electron chi connectivity index (χ2n) is 3.39. The molecular formula is C8H3ClF5NO5S. The van der Waals surface area contributed by atoms with E-state index in [9.17, 15) is 40.5 Å². The van der Waals surface area contributed by atoms with Gasteiger partial charge in [0.25, 0.3) is 9.05 Å². The molecule has 0 bridgehead atoms. The van der Waals surface area contributed by atoms with Gasteiger partial charge in [0.1, 0.15) is 4.90 Å². The van der Waals surface area contributed by atoms with Crippen molar-refractivity contribution in [1.82, 2.24) is 0 Å². The first-order chi connectivity index (χ1) is 9.34. The summed E-state index contributed by atoms with van der Waals surface area (Å²) >= 11 is 0. The van der Waals surface area contributed by atoms with Crippen LogP contribution in [-0.4, -0.2) is 20.0 Å². The van der Waals surface area contributed by atoms with Crippen molar-refractivity contribution in [1.29, 1.82) is 0 Å². The lowest BCUT2D eigenvalue weighted by atomic mass is 10.2. The van der Waals surface area contributed by atoms with Crippen molar-refractivity contribution < 1.29 is 40.0 Å². The fourth-order valence-corrected chi connectivity index (χ4v) is 2.26. The maximum atomic E-state index is 12.5. The highest BCUT2D eigenvalue weighted by Gasteiger charge is 2.38. The first kappa shape index (κ1) is 17.4. The number of halogens is 6. The number of benzene rings is 1. The van der Waals surface area contributed by atoms with E-state index in [-0.39, 0.29) is 12.1 Å². The standard InChI is InChI=1S/C8H3ClF5NO5S/c9-21(18,19)5-2-3(8(12,13)14)1-4(15(16)17)6(5)20-7(10)11/h1-2,7H. The molecule has 1 aromatic carbocycles. The largest absolute Gasteiger partial charge is 0.426 e. The van der Waals surface area contributed by atoms with Crippen LogP contribution in [0.25, 0.3) is 0 Å². The zero-order valence-corrected chi connectivity index (χ0v) is 11.0. The fraction of sp³-hybridized carbons (Fsp3) is 0.250. The molecule has 6 nitrogen and oxygen atoms in total. The van der Waals surface area contributed by atoms with Crippen molar-refractivity contribution in [2.24, 2.45) is 0 Å². The van der Waals surface area contributed by atoms with Crippen LogP contribution in [-0.2, 0) is 15.2 Å². The Kier molecular flexibility index (Phi) is 4.63. The van der Waals surface area contributed by atoms with Crippen LogP contribution in [0.4, 0.5) is 27.6 Å². The van der Waals surface area contributed by atoms with Gasteiger partial charge in [0.2, 0.25) is 5.75 Å². The molecule has 1 aromatic rings. The van der Waals surface area contributed by atoms with Crippen molar-refractivity contribution in [2.45, 2.75) is 17.7 Å². The minimum Gasteiger partial charge on any atom is -0.426 e. The second-order valence-corrected chi connectivity index (χ2v) is 5.93. The van der Waals surface area contributed by atoms with Crippen LogP contribution < -0.4 is 4.74 Å². The quantitative estimate of drug-likeness (QED) is 0.358. The van der Waals surface area contributed by atoms with E-state index >= 15 is 0 Å². The second kappa shape index (κ2) is 5.60. The summed E-state index contributed by atoms with van der Waals surface area (Å²) in [7, 11) is -0.205. The van der Waals surface area contributed by atoms with Crippen LogP contribution in [0.1, 0.15) is 5.56 Å². The molecule has 0 unspecified atom stereocenters. The summed E-state index contributed by atoms with van der Waals surface area (Å²) in [6.45, 7) is -3.71. The number of hydrogen-bond acceptors (Lipinski definition) is 5. The lowest BCUT2D eigenvalue weighted by molar-refractivity contribution is -0.386. The number of nitrogens with zero attached hydrogens (tertiary/aromatic N) is 1. The molecule has 118 valence electrons. The molecule has 0 aliphatic heterocycles. The molecule has 0 radical (unpaired) electrons. The topological polar surface area (TPSA) is 86.5 Å². The summed E-state index contributed by atoms with van der Waals surface area (Å²) in [6.07, 6.45) is -5.16. The van der Waals surface area contributed by atoms with Gasteiger partial charge in [0.05, 0.1) is 10.5 Å². The van der Waals surface area contributed by atoms with Gasteiger partial charge in [0.15, 0.2) is 0 Å². The molecule has 0 aliphatic rings. The molecule has 0 atom stereocenters. The van der Waals surface area contributed by atoms with Crippen LogP contribution in [0.5, 0.6) is 5.75 Å². The first-order valence-corrected chi connectivity index (χ1v) is 6.94. The Balaban J connectivity index is 3.79. The predicted octanol–water partition coefficient (Wildman–Crippen LogP) is 3.14. The van der Waals surface area contributed by atoms with Crippen LogP contribution in [0.2, 0.25) is 0 Å². The van der Waals surface area contributed by atoms with Crippen molar-refractivity contribution in [3.05, 3.63) is 27.8 Å². The molecule has 0 aliphatic carbocycles. The molecule has 0 amide bonds. The van der Waals surface area contributed by atoms with E-state index in [1.165, 1.54) is 0 Å². The molecular weight excluding hydrogens is 353 g/mol. The van der Waals surface area contributed by atoms with Gasteiger partial charge in [-0.1, -0.05) is 0 Å². The molecule has 0 heterocycles. The van der Waals surface area contributed by atoms with E-state index < -0.39 is 48.7 Å². The Labute approximate surface area is 117 Å². The minimum atomic E-state index is -5.16. The highest BCUT2D eigenvalue weighted by Crippen LogP contribution is 2.42. The number of alkyl halides is 5. The first-order valence-electron chi connectivity index (χ1n) is 4.63. The van der Waals surface area contributed by atoms with Crippen molar-refractivity contribution in [2.75, 3.05) is 0 Å². The van der Waals surface area contributed by atoms with Gasteiger partial charge in [0, 0.05) is 16.7 Å². The lowest BCUT2D eigenvalue weighted by Gasteiger charge is -2.12. The van der Waals surface area contributed by atoms with Gasteiger partial charge in [-0.25, -0.2) is 8.42 Å². The third-order valence-corrected chi connectivity index (χ3v) is 3.36. The maximum absolute atomic E-state index is 12.5. The molecule has 0 spiro atoms. The molecule has 0 saturated carbocycles. The highest BCUT2D eigenvalue weighted by molar-refractivity contribution is 8.13. The summed E-state index contributed by atoms with van der Waals surface area (Å²) in [5, 5.41) is 10.6. The molecule has 0 fully saturated rings. The molecule has 21 heavy (non-hydrogen) atoms. The van der Waals surface area contributed by atoms with Crippen molar-refractivity contribution in [3.63, 3.8) is 0 Å². The number of nitro benzene ring substituents is 1. The average Bonchev–Trinajstić information content (AvgIpc) is 2.24. The third kappa shape index (κ3) is 4.14. The summed E-state index contributed by atoms with van der Waals surface area (Å²) in [5.74, 6) is -1.57. The fourth-order valence-electron chi connectivity index (χ4n) is 1.28. The third-order valence-electron chi connectivity index (χ3n) is 2.03. The normalized spacial score (nSPS) is 12.5. The number of hydrogen-bond donors (Lipinski definition) is 0. The van der Waals surface area contributed by atoms with Gasteiger partial charge in [-0.3, -0.25) is 10.1 Å². The Morgan fingerprint density at radius 3 is 2.14 bits per heavy atom. The number of nitro groups is 1. The molecule has 0 saturated heterocycles. The monoisotopic (exact) mass is 355 g/mol. The molecule has 0 N–H and O–H groups in total. The SMILES string of the molecule is O=[N+]([O-])c1cc(C(F)(F)F)cc(S(=O)(=O)Cl)c1OC(F)F. The Bertz CT molecular complexity index is 674. The minimum absolute atomic E-state index is 0.132. The van der Waals surface area contributed by atoms with Gasteiger partial charge < -0.3 is 4.74 Å². The van der Waals surface area contributed by atoms with E-state index in [0.717, 1.165) is 0 Å². The Morgan fingerprint density at radius 1 is 1.29 bits per heavy atom. The predicted molar refractivity (Wildman–Crippen MR) is 57.8 cm³/mol. The van der Waals surface area contributed by atoms with Crippen LogP contribution in [0.3, 0.4) is 0 Å². The summed E-state index contributed by atoms with van der Waals surface area (Å²) < 4.78 is 87.9. The number of rotatable bonds is 4. The van der Waals surface area contributed by atoms with E-state index in [0.29, 0.717) is 0 Å². The summed E-state index contributed by atoms with van der Waals surface area (Å²) in [5.41, 5.74) is -3.36. The van der Waals surface area contributed by atoms with Gasteiger partial charge in [-0.15, -0.1) is 0 Å². The van der Waals surface area contributed by atoms with Crippen molar-refractivity contribution in [3.8, 4) is 5.75 Å². The highest BCUT2D eigenvalue weighted by atomic mass is 35.7. The smallest absolute Gasteiger partial charge is 0.416 e. The summed E-state index contributed by atoms with van der Waals surface area (Å²) in [6, 6.07) is -0.268. The lowest BCUT2D eigenvalue weighted by Crippen LogP contribution is -2.12. The van der Waals surface area contributed by atoms with Gasteiger partial charge in [-0.05, 0) is 6.07 Å². The molecule has 13 heteroatoms. The van der Waals surface area contributed by atoms with E-state index in [4.69, 9.17) is 10.7 Å². The van der Waals surface area contributed by atoms with E-state index in [1.807, 2.05) is 0 Å².